The highest BCUT2D eigenvalue weighted by Gasteiger charge is 2.13. The maximum absolute atomic E-state index is 5.56. The minimum Gasteiger partial charge on any atom is -0.376 e. The molecular formula is C14H21NO2. The number of aryl methyl sites for hydroxylation is 1. The zero-order chi connectivity index (χ0) is 11.9. The smallest absolute Gasteiger partial charge is 0.0933 e. The summed E-state index contributed by atoms with van der Waals surface area (Å²) in [7, 11) is 0. The van der Waals surface area contributed by atoms with E-state index < -0.39 is 0 Å². The normalized spacial score (nSPS) is 20.4. The summed E-state index contributed by atoms with van der Waals surface area (Å²) in [6.45, 7) is 6.08. The van der Waals surface area contributed by atoms with E-state index in [4.69, 9.17) is 9.47 Å². The SMILES string of the molecule is CCc1ccc(CNCC2COCCO2)cc1. The van der Waals surface area contributed by atoms with E-state index in [2.05, 4.69) is 36.5 Å². The molecule has 0 spiro atoms. The Morgan fingerprint density at radius 2 is 1.94 bits per heavy atom. The predicted molar refractivity (Wildman–Crippen MR) is 68.1 cm³/mol. The highest BCUT2D eigenvalue weighted by molar-refractivity contribution is 5.22. The number of ether oxygens (including phenoxy) is 2. The number of hydrogen-bond acceptors (Lipinski definition) is 3. The van der Waals surface area contributed by atoms with Crippen LogP contribution in [0.3, 0.4) is 0 Å². The Bertz CT molecular complexity index is 317. The lowest BCUT2D eigenvalue weighted by molar-refractivity contribution is -0.0864. The Hall–Kier alpha value is -0.900. The first-order chi connectivity index (χ1) is 8.38. The van der Waals surface area contributed by atoms with Gasteiger partial charge in [-0.2, -0.15) is 0 Å². The Morgan fingerprint density at radius 1 is 1.18 bits per heavy atom. The molecule has 1 aromatic carbocycles. The number of benzene rings is 1. The van der Waals surface area contributed by atoms with Crippen molar-refractivity contribution < 1.29 is 9.47 Å². The van der Waals surface area contributed by atoms with Gasteiger partial charge in [0.1, 0.15) is 0 Å². The van der Waals surface area contributed by atoms with Gasteiger partial charge >= 0.3 is 0 Å². The van der Waals surface area contributed by atoms with Crippen LogP contribution in [-0.4, -0.2) is 32.5 Å². The van der Waals surface area contributed by atoms with Crippen molar-refractivity contribution in [3.8, 4) is 0 Å². The summed E-state index contributed by atoms with van der Waals surface area (Å²) in [5.74, 6) is 0. The Balaban J connectivity index is 1.69. The maximum Gasteiger partial charge on any atom is 0.0933 e. The molecule has 2 rings (SSSR count). The molecule has 1 heterocycles. The molecule has 17 heavy (non-hydrogen) atoms. The van der Waals surface area contributed by atoms with Crippen molar-refractivity contribution in [2.45, 2.75) is 26.0 Å². The summed E-state index contributed by atoms with van der Waals surface area (Å²) in [4.78, 5) is 0. The van der Waals surface area contributed by atoms with Crippen molar-refractivity contribution in [3.63, 3.8) is 0 Å². The Labute approximate surface area is 103 Å². The van der Waals surface area contributed by atoms with Crippen molar-refractivity contribution >= 4 is 0 Å². The Kier molecular flexibility index (Phi) is 4.98. The first kappa shape index (κ1) is 12.6. The maximum atomic E-state index is 5.56. The van der Waals surface area contributed by atoms with E-state index in [1.807, 2.05) is 0 Å². The molecule has 1 aliphatic rings. The monoisotopic (exact) mass is 235 g/mol. The Morgan fingerprint density at radius 3 is 2.59 bits per heavy atom. The summed E-state index contributed by atoms with van der Waals surface area (Å²) in [5, 5.41) is 3.40. The van der Waals surface area contributed by atoms with E-state index >= 15 is 0 Å². The van der Waals surface area contributed by atoms with Gasteiger partial charge in [0.15, 0.2) is 0 Å². The lowest BCUT2D eigenvalue weighted by Gasteiger charge is -2.23. The van der Waals surface area contributed by atoms with Gasteiger partial charge in [0.05, 0.1) is 25.9 Å². The van der Waals surface area contributed by atoms with Crippen LogP contribution in [0.15, 0.2) is 24.3 Å². The van der Waals surface area contributed by atoms with Crippen LogP contribution in [0.25, 0.3) is 0 Å². The van der Waals surface area contributed by atoms with Crippen LogP contribution >= 0.6 is 0 Å². The molecule has 0 aliphatic carbocycles. The summed E-state index contributed by atoms with van der Waals surface area (Å²) in [6.07, 6.45) is 1.31. The second-order valence-corrected chi connectivity index (χ2v) is 4.37. The molecule has 0 amide bonds. The van der Waals surface area contributed by atoms with Gasteiger partial charge in [-0.05, 0) is 17.5 Å². The van der Waals surface area contributed by atoms with Gasteiger partial charge in [-0.3, -0.25) is 0 Å². The van der Waals surface area contributed by atoms with Gasteiger partial charge in [0.2, 0.25) is 0 Å². The number of nitrogens with one attached hydrogen (secondary N) is 1. The van der Waals surface area contributed by atoms with Gasteiger partial charge in [-0.1, -0.05) is 31.2 Å². The van der Waals surface area contributed by atoms with Crippen LogP contribution in [0.1, 0.15) is 18.1 Å². The van der Waals surface area contributed by atoms with E-state index in [0.29, 0.717) is 6.61 Å². The molecule has 94 valence electrons. The molecule has 3 nitrogen and oxygen atoms in total. The quantitative estimate of drug-likeness (QED) is 0.843. The van der Waals surface area contributed by atoms with Crippen LogP contribution in [0.5, 0.6) is 0 Å². The third kappa shape index (κ3) is 4.11. The highest BCUT2D eigenvalue weighted by atomic mass is 16.6. The molecule has 1 aliphatic heterocycles. The fourth-order valence-electron chi connectivity index (χ4n) is 1.92. The van der Waals surface area contributed by atoms with Gasteiger partial charge in [0, 0.05) is 13.1 Å². The third-order valence-electron chi connectivity index (χ3n) is 3.02. The van der Waals surface area contributed by atoms with E-state index in [0.717, 1.165) is 32.7 Å². The van der Waals surface area contributed by atoms with Gasteiger partial charge in [-0.25, -0.2) is 0 Å². The van der Waals surface area contributed by atoms with Gasteiger partial charge in [-0.15, -0.1) is 0 Å². The van der Waals surface area contributed by atoms with Gasteiger partial charge < -0.3 is 14.8 Å². The average molecular weight is 235 g/mol. The fourth-order valence-corrected chi connectivity index (χ4v) is 1.92. The zero-order valence-electron chi connectivity index (χ0n) is 10.4. The van der Waals surface area contributed by atoms with E-state index in [1.165, 1.54) is 11.1 Å². The lowest BCUT2D eigenvalue weighted by atomic mass is 10.1. The first-order valence-corrected chi connectivity index (χ1v) is 6.36. The molecular weight excluding hydrogens is 214 g/mol. The molecule has 0 radical (unpaired) electrons. The zero-order valence-corrected chi connectivity index (χ0v) is 10.4. The van der Waals surface area contributed by atoms with Crippen molar-refractivity contribution in [2.75, 3.05) is 26.4 Å². The summed E-state index contributed by atoms with van der Waals surface area (Å²) in [6, 6.07) is 8.75. The number of rotatable bonds is 5. The summed E-state index contributed by atoms with van der Waals surface area (Å²) >= 11 is 0. The molecule has 3 heteroatoms. The van der Waals surface area contributed by atoms with Crippen molar-refractivity contribution in [1.82, 2.24) is 5.32 Å². The molecule has 0 aromatic heterocycles. The standard InChI is InChI=1S/C14H21NO2/c1-2-12-3-5-13(6-4-12)9-15-10-14-11-16-7-8-17-14/h3-6,14-15H,2,7-11H2,1H3. The van der Waals surface area contributed by atoms with Crippen molar-refractivity contribution in [1.29, 1.82) is 0 Å². The molecule has 1 unspecified atom stereocenters. The topological polar surface area (TPSA) is 30.5 Å². The van der Waals surface area contributed by atoms with E-state index in [-0.39, 0.29) is 6.10 Å². The fraction of sp³-hybridized carbons (Fsp3) is 0.571. The molecule has 0 bridgehead atoms. The van der Waals surface area contributed by atoms with E-state index in [1.54, 1.807) is 0 Å². The minimum absolute atomic E-state index is 0.207. The van der Waals surface area contributed by atoms with Crippen LogP contribution in [0.4, 0.5) is 0 Å². The second kappa shape index (κ2) is 6.74. The van der Waals surface area contributed by atoms with Crippen LogP contribution in [0.2, 0.25) is 0 Å². The first-order valence-electron chi connectivity index (χ1n) is 6.36. The van der Waals surface area contributed by atoms with E-state index in [9.17, 15) is 0 Å². The average Bonchev–Trinajstić information content (AvgIpc) is 2.41. The van der Waals surface area contributed by atoms with Crippen LogP contribution in [-0.2, 0) is 22.4 Å². The largest absolute Gasteiger partial charge is 0.376 e. The van der Waals surface area contributed by atoms with Crippen LogP contribution < -0.4 is 5.32 Å². The minimum atomic E-state index is 0.207. The number of hydrogen-bond donors (Lipinski definition) is 1. The summed E-state index contributed by atoms with van der Waals surface area (Å²) in [5.41, 5.74) is 2.71. The predicted octanol–water partition coefficient (Wildman–Crippen LogP) is 1.75. The third-order valence-corrected chi connectivity index (χ3v) is 3.02. The lowest BCUT2D eigenvalue weighted by Crippen LogP contribution is -2.37. The molecule has 1 saturated heterocycles. The molecule has 1 atom stereocenters. The molecule has 0 saturated carbocycles. The van der Waals surface area contributed by atoms with Gasteiger partial charge in [0.25, 0.3) is 0 Å². The molecule has 1 aromatic rings. The molecule has 1 fully saturated rings. The molecule has 1 N–H and O–H groups in total. The summed E-state index contributed by atoms with van der Waals surface area (Å²) < 4.78 is 10.9. The van der Waals surface area contributed by atoms with Crippen LogP contribution in [0, 0.1) is 0 Å². The van der Waals surface area contributed by atoms with Crippen molar-refractivity contribution in [3.05, 3.63) is 35.4 Å². The second-order valence-electron chi connectivity index (χ2n) is 4.37. The van der Waals surface area contributed by atoms with Crippen molar-refractivity contribution in [2.24, 2.45) is 0 Å². The highest BCUT2D eigenvalue weighted by Crippen LogP contribution is 2.05.